The molecule has 0 aliphatic heterocycles. The Kier molecular flexibility index (Phi) is 6.08. The van der Waals surface area contributed by atoms with Gasteiger partial charge in [0.2, 0.25) is 0 Å². The summed E-state index contributed by atoms with van der Waals surface area (Å²) in [4.78, 5) is 17.8. The maximum absolute atomic E-state index is 11.7. The number of carbonyl (C=O) groups is 1. The SMILES string of the molecule is CC(CCCO)NC(=O)Nc1ccc(N(C)C)nc1. The van der Waals surface area contributed by atoms with Crippen LogP contribution in [0.3, 0.4) is 0 Å². The maximum Gasteiger partial charge on any atom is 0.319 e. The summed E-state index contributed by atoms with van der Waals surface area (Å²) in [5, 5.41) is 14.2. The molecular weight excluding hydrogens is 244 g/mol. The van der Waals surface area contributed by atoms with Gasteiger partial charge in [-0.3, -0.25) is 0 Å². The minimum absolute atomic E-state index is 0.0288. The van der Waals surface area contributed by atoms with Crippen LogP contribution in [0.15, 0.2) is 18.3 Å². The summed E-state index contributed by atoms with van der Waals surface area (Å²) in [7, 11) is 3.82. The van der Waals surface area contributed by atoms with Gasteiger partial charge in [-0.05, 0) is 31.9 Å². The lowest BCUT2D eigenvalue weighted by Gasteiger charge is -2.15. The van der Waals surface area contributed by atoms with Gasteiger partial charge >= 0.3 is 6.03 Å². The molecule has 0 spiro atoms. The Morgan fingerprint density at radius 1 is 1.47 bits per heavy atom. The Balaban J connectivity index is 2.43. The second-order valence-electron chi connectivity index (χ2n) is 4.66. The van der Waals surface area contributed by atoms with Crippen molar-refractivity contribution in [1.82, 2.24) is 10.3 Å². The molecule has 3 N–H and O–H groups in total. The van der Waals surface area contributed by atoms with Crippen molar-refractivity contribution in [2.45, 2.75) is 25.8 Å². The van der Waals surface area contributed by atoms with Crippen LogP contribution in [-0.4, -0.2) is 42.9 Å². The third kappa shape index (κ3) is 5.56. The van der Waals surface area contributed by atoms with E-state index >= 15 is 0 Å². The fourth-order valence-electron chi connectivity index (χ4n) is 1.59. The van der Waals surface area contributed by atoms with Gasteiger partial charge in [-0.25, -0.2) is 9.78 Å². The number of hydrogen-bond acceptors (Lipinski definition) is 4. The summed E-state index contributed by atoms with van der Waals surface area (Å²) in [6.07, 6.45) is 3.05. The second kappa shape index (κ2) is 7.58. The number of amides is 2. The molecule has 0 bridgehead atoms. The van der Waals surface area contributed by atoms with Crippen LogP contribution >= 0.6 is 0 Å². The van der Waals surface area contributed by atoms with Crippen molar-refractivity contribution in [3.8, 4) is 0 Å². The lowest BCUT2D eigenvalue weighted by molar-refractivity contribution is 0.245. The molecule has 106 valence electrons. The molecule has 0 aliphatic carbocycles. The molecule has 0 fully saturated rings. The predicted molar refractivity (Wildman–Crippen MR) is 76.5 cm³/mol. The number of aliphatic hydroxyl groups excluding tert-OH is 1. The van der Waals surface area contributed by atoms with Gasteiger partial charge in [-0.1, -0.05) is 0 Å². The van der Waals surface area contributed by atoms with Crippen molar-refractivity contribution in [3.63, 3.8) is 0 Å². The van der Waals surface area contributed by atoms with Gasteiger partial charge in [0.15, 0.2) is 0 Å². The molecule has 1 atom stereocenters. The van der Waals surface area contributed by atoms with E-state index in [9.17, 15) is 4.79 Å². The van der Waals surface area contributed by atoms with Crippen molar-refractivity contribution in [1.29, 1.82) is 0 Å². The van der Waals surface area contributed by atoms with E-state index in [0.717, 1.165) is 12.2 Å². The first-order valence-electron chi connectivity index (χ1n) is 6.34. The third-order valence-corrected chi connectivity index (χ3v) is 2.64. The number of carbonyl (C=O) groups excluding carboxylic acids is 1. The Labute approximate surface area is 113 Å². The zero-order valence-corrected chi connectivity index (χ0v) is 11.7. The Bertz CT molecular complexity index is 392. The van der Waals surface area contributed by atoms with Crippen molar-refractivity contribution < 1.29 is 9.90 Å². The van der Waals surface area contributed by atoms with Crippen LogP contribution in [0.4, 0.5) is 16.3 Å². The highest BCUT2D eigenvalue weighted by atomic mass is 16.3. The third-order valence-electron chi connectivity index (χ3n) is 2.64. The second-order valence-corrected chi connectivity index (χ2v) is 4.66. The van der Waals surface area contributed by atoms with Crippen LogP contribution in [0.1, 0.15) is 19.8 Å². The first kappa shape index (κ1) is 15.2. The molecule has 0 aromatic carbocycles. The van der Waals surface area contributed by atoms with Crippen molar-refractivity contribution >= 4 is 17.5 Å². The van der Waals surface area contributed by atoms with Gasteiger partial charge < -0.3 is 20.6 Å². The zero-order chi connectivity index (χ0) is 14.3. The molecule has 2 amide bonds. The minimum atomic E-state index is -0.259. The smallest absolute Gasteiger partial charge is 0.319 e. The number of rotatable bonds is 6. The number of nitrogens with zero attached hydrogens (tertiary/aromatic N) is 2. The van der Waals surface area contributed by atoms with E-state index < -0.39 is 0 Å². The largest absolute Gasteiger partial charge is 0.396 e. The van der Waals surface area contributed by atoms with E-state index in [2.05, 4.69) is 15.6 Å². The van der Waals surface area contributed by atoms with Gasteiger partial charge in [0.1, 0.15) is 5.82 Å². The molecule has 0 saturated carbocycles. The Morgan fingerprint density at radius 2 is 2.21 bits per heavy atom. The van der Waals surface area contributed by atoms with Gasteiger partial charge in [0.25, 0.3) is 0 Å². The standard InChI is InChI=1S/C13H22N4O2/c1-10(5-4-8-18)15-13(19)16-11-6-7-12(14-9-11)17(2)3/h6-7,9-10,18H,4-5,8H2,1-3H3,(H2,15,16,19). The van der Waals surface area contributed by atoms with Gasteiger partial charge in [-0.15, -0.1) is 0 Å². The molecule has 6 heteroatoms. The first-order chi connectivity index (χ1) is 9.02. The van der Waals surface area contributed by atoms with E-state index in [4.69, 9.17) is 5.11 Å². The molecule has 1 aromatic heterocycles. The number of aromatic nitrogens is 1. The van der Waals surface area contributed by atoms with Crippen LogP contribution in [0.2, 0.25) is 0 Å². The molecule has 0 saturated heterocycles. The Hall–Kier alpha value is -1.82. The number of nitrogens with one attached hydrogen (secondary N) is 2. The summed E-state index contributed by atoms with van der Waals surface area (Å²) in [5.41, 5.74) is 0.650. The van der Waals surface area contributed by atoms with E-state index in [1.165, 1.54) is 0 Å². The lowest BCUT2D eigenvalue weighted by atomic mass is 10.2. The highest BCUT2D eigenvalue weighted by Gasteiger charge is 2.07. The summed E-state index contributed by atoms with van der Waals surface area (Å²) < 4.78 is 0. The average molecular weight is 266 g/mol. The van der Waals surface area contributed by atoms with Crippen LogP contribution < -0.4 is 15.5 Å². The number of urea groups is 1. The summed E-state index contributed by atoms with van der Waals surface area (Å²) in [6, 6.07) is 3.41. The van der Waals surface area contributed by atoms with E-state index in [1.807, 2.05) is 32.0 Å². The minimum Gasteiger partial charge on any atom is -0.396 e. The van der Waals surface area contributed by atoms with Crippen LogP contribution in [0.5, 0.6) is 0 Å². The predicted octanol–water partition coefficient (Wildman–Crippen LogP) is 1.43. The van der Waals surface area contributed by atoms with Crippen LogP contribution in [-0.2, 0) is 0 Å². The molecular formula is C13H22N4O2. The monoisotopic (exact) mass is 266 g/mol. The molecule has 6 nitrogen and oxygen atoms in total. The normalized spacial score (nSPS) is 11.8. The summed E-state index contributed by atoms with van der Waals surface area (Å²) in [6.45, 7) is 2.05. The molecule has 1 heterocycles. The fourth-order valence-corrected chi connectivity index (χ4v) is 1.59. The fraction of sp³-hybridized carbons (Fsp3) is 0.538. The topological polar surface area (TPSA) is 77.5 Å². The van der Waals surface area contributed by atoms with Gasteiger partial charge in [0, 0.05) is 26.7 Å². The van der Waals surface area contributed by atoms with E-state index in [0.29, 0.717) is 12.1 Å². The van der Waals surface area contributed by atoms with Crippen molar-refractivity contribution in [2.24, 2.45) is 0 Å². The average Bonchev–Trinajstić information content (AvgIpc) is 2.36. The summed E-state index contributed by atoms with van der Waals surface area (Å²) in [5.74, 6) is 0.835. The molecule has 0 aliphatic rings. The molecule has 0 radical (unpaired) electrons. The van der Waals surface area contributed by atoms with Crippen LogP contribution in [0.25, 0.3) is 0 Å². The van der Waals surface area contributed by atoms with Crippen molar-refractivity contribution in [2.75, 3.05) is 30.9 Å². The van der Waals surface area contributed by atoms with Gasteiger partial charge in [-0.2, -0.15) is 0 Å². The first-order valence-corrected chi connectivity index (χ1v) is 6.34. The van der Waals surface area contributed by atoms with Crippen LogP contribution in [0, 0.1) is 0 Å². The number of pyridine rings is 1. The number of anilines is 2. The van der Waals surface area contributed by atoms with Gasteiger partial charge in [0.05, 0.1) is 11.9 Å². The summed E-state index contributed by atoms with van der Waals surface area (Å²) >= 11 is 0. The molecule has 19 heavy (non-hydrogen) atoms. The van der Waals surface area contributed by atoms with E-state index in [-0.39, 0.29) is 18.7 Å². The number of hydrogen-bond donors (Lipinski definition) is 3. The molecule has 1 rings (SSSR count). The number of aliphatic hydroxyl groups is 1. The Morgan fingerprint density at radius 3 is 2.74 bits per heavy atom. The maximum atomic E-state index is 11.7. The van der Waals surface area contributed by atoms with Crippen molar-refractivity contribution in [3.05, 3.63) is 18.3 Å². The lowest BCUT2D eigenvalue weighted by Crippen LogP contribution is -2.36. The highest BCUT2D eigenvalue weighted by Crippen LogP contribution is 2.11. The molecule has 1 aromatic rings. The molecule has 1 unspecified atom stereocenters. The zero-order valence-electron chi connectivity index (χ0n) is 11.7. The quantitative estimate of drug-likeness (QED) is 0.728. The highest BCUT2D eigenvalue weighted by molar-refractivity contribution is 5.89. The van der Waals surface area contributed by atoms with E-state index in [1.54, 1.807) is 12.3 Å².